The van der Waals surface area contributed by atoms with E-state index in [1.807, 2.05) is 60.7 Å². The van der Waals surface area contributed by atoms with Crippen LogP contribution in [0.25, 0.3) is 21.8 Å². The fourth-order valence-electron chi connectivity index (χ4n) is 3.17. The highest BCUT2D eigenvalue weighted by atomic mass is 35.5. The van der Waals surface area contributed by atoms with Crippen molar-refractivity contribution in [2.24, 2.45) is 0 Å². The maximum Gasteiger partial charge on any atom is 0.303 e. The van der Waals surface area contributed by atoms with E-state index < -0.39 is 5.97 Å². The van der Waals surface area contributed by atoms with Gasteiger partial charge in [0.05, 0.1) is 16.7 Å². The molecule has 4 nitrogen and oxygen atoms in total. The van der Waals surface area contributed by atoms with E-state index in [-0.39, 0.29) is 18.8 Å². The number of carbonyl (C=O) groups is 1. The van der Waals surface area contributed by atoms with Crippen molar-refractivity contribution in [1.82, 2.24) is 4.98 Å². The van der Waals surface area contributed by atoms with Crippen LogP contribution in [0.5, 0.6) is 0 Å². The summed E-state index contributed by atoms with van der Waals surface area (Å²) >= 11 is 0. The molecule has 1 aromatic heterocycles. The number of aryl methyl sites for hydroxylation is 1. The first kappa shape index (κ1) is 18.7. The average molecular weight is 379 g/mol. The molecule has 0 aliphatic heterocycles. The van der Waals surface area contributed by atoms with E-state index in [0.29, 0.717) is 6.42 Å². The molecule has 2 N–H and O–H groups in total. The van der Waals surface area contributed by atoms with Crippen LogP contribution in [-0.2, 0) is 11.2 Å². The number of benzene rings is 3. The largest absolute Gasteiger partial charge is 0.481 e. The summed E-state index contributed by atoms with van der Waals surface area (Å²) in [5, 5.41) is 14.5. The molecule has 1 heterocycles. The Labute approximate surface area is 163 Å². The number of anilines is 2. The number of carboxylic acids is 1. The molecule has 4 aromatic rings. The highest BCUT2D eigenvalue weighted by Gasteiger charge is 2.09. The summed E-state index contributed by atoms with van der Waals surface area (Å²) in [6.45, 7) is 0. The Kier molecular flexibility index (Phi) is 5.57. The second-order valence-corrected chi connectivity index (χ2v) is 6.24. The molecule has 0 unspecified atom stereocenters. The van der Waals surface area contributed by atoms with Gasteiger partial charge in [-0.3, -0.25) is 4.79 Å². The van der Waals surface area contributed by atoms with E-state index in [1.54, 1.807) is 0 Å². The van der Waals surface area contributed by atoms with Gasteiger partial charge >= 0.3 is 5.97 Å². The van der Waals surface area contributed by atoms with E-state index in [0.717, 1.165) is 38.7 Å². The van der Waals surface area contributed by atoms with Crippen molar-refractivity contribution in [3.63, 3.8) is 0 Å². The molecule has 0 atom stereocenters. The zero-order valence-corrected chi connectivity index (χ0v) is 15.4. The second-order valence-electron chi connectivity index (χ2n) is 6.24. The number of hydrogen-bond donors (Lipinski definition) is 2. The molecule has 3 aromatic carbocycles. The Morgan fingerprint density at radius 2 is 1.52 bits per heavy atom. The van der Waals surface area contributed by atoms with Gasteiger partial charge < -0.3 is 10.4 Å². The highest BCUT2D eigenvalue weighted by Crippen LogP contribution is 2.33. The highest BCUT2D eigenvalue weighted by molar-refractivity contribution is 6.08. The van der Waals surface area contributed by atoms with Crippen molar-refractivity contribution in [2.75, 3.05) is 5.32 Å². The lowest BCUT2D eigenvalue weighted by atomic mass is 10.1. The summed E-state index contributed by atoms with van der Waals surface area (Å²) in [4.78, 5) is 15.6. The van der Waals surface area contributed by atoms with E-state index in [2.05, 4.69) is 17.4 Å². The molecular weight excluding hydrogens is 360 g/mol. The predicted molar refractivity (Wildman–Crippen MR) is 112 cm³/mol. The molecule has 0 radical (unpaired) electrons. The van der Waals surface area contributed by atoms with Crippen LogP contribution in [0.1, 0.15) is 12.0 Å². The minimum absolute atomic E-state index is 0. The van der Waals surface area contributed by atoms with Crippen molar-refractivity contribution in [1.29, 1.82) is 0 Å². The summed E-state index contributed by atoms with van der Waals surface area (Å²) in [6.07, 6.45) is 0.646. The van der Waals surface area contributed by atoms with Gasteiger partial charge in [0.1, 0.15) is 0 Å². The number of nitrogens with zero attached hydrogens (tertiary/aromatic N) is 1. The summed E-state index contributed by atoms with van der Waals surface area (Å²) in [5.41, 5.74) is 4.84. The van der Waals surface area contributed by atoms with Crippen LogP contribution < -0.4 is 5.32 Å². The van der Waals surface area contributed by atoms with Crippen molar-refractivity contribution in [3.05, 3.63) is 78.4 Å². The first-order valence-electron chi connectivity index (χ1n) is 8.56. The van der Waals surface area contributed by atoms with Gasteiger partial charge in [-0.05, 0) is 36.2 Å². The molecule has 0 fully saturated rings. The second kappa shape index (κ2) is 8.06. The first-order valence-corrected chi connectivity index (χ1v) is 8.56. The zero-order valence-electron chi connectivity index (χ0n) is 14.6. The quantitative estimate of drug-likeness (QED) is 0.445. The van der Waals surface area contributed by atoms with Crippen molar-refractivity contribution < 1.29 is 9.90 Å². The third kappa shape index (κ3) is 4.01. The molecule has 0 saturated heterocycles. The lowest BCUT2D eigenvalue weighted by Gasteiger charge is -2.14. The van der Waals surface area contributed by atoms with Gasteiger partial charge in [0.2, 0.25) is 0 Å². The summed E-state index contributed by atoms with van der Waals surface area (Å²) < 4.78 is 0. The van der Waals surface area contributed by atoms with Gasteiger partial charge in [-0.25, -0.2) is 4.98 Å². The molecular formula is C22H19ClN2O2. The average Bonchev–Trinajstić information content (AvgIpc) is 2.66. The number of rotatable bonds is 5. The zero-order chi connectivity index (χ0) is 17.9. The van der Waals surface area contributed by atoms with Crippen molar-refractivity contribution >= 4 is 51.6 Å². The van der Waals surface area contributed by atoms with Gasteiger partial charge in [0.25, 0.3) is 0 Å². The number of halogens is 1. The Bertz CT molecular complexity index is 1060. The number of carboxylic acid groups (broad SMARTS) is 1. The van der Waals surface area contributed by atoms with Gasteiger partial charge in [-0.15, -0.1) is 12.4 Å². The fraction of sp³-hybridized carbons (Fsp3) is 0.0909. The van der Waals surface area contributed by atoms with E-state index in [1.165, 1.54) is 0 Å². The molecule has 5 heteroatoms. The van der Waals surface area contributed by atoms with Crippen LogP contribution in [0, 0.1) is 0 Å². The standard InChI is InChI=1S/C22H18N2O2.ClH/c25-21(26)13-12-15-6-5-7-16(14-15)23-22-17-8-1-3-10-19(17)24-20-11-4-2-9-18(20)22;/h1-11,14H,12-13H2,(H,23,24)(H,25,26);1H. The monoisotopic (exact) mass is 378 g/mol. The number of fused-ring (bicyclic) bond motifs is 2. The molecule has 0 bridgehead atoms. The SMILES string of the molecule is Cl.O=C(O)CCc1cccc(Nc2c3ccccc3nc3ccccc23)c1. The molecule has 0 amide bonds. The normalized spacial score (nSPS) is 10.5. The van der Waals surface area contributed by atoms with Crippen LogP contribution in [0.3, 0.4) is 0 Å². The third-order valence-electron chi connectivity index (χ3n) is 4.41. The molecule has 136 valence electrons. The van der Waals surface area contributed by atoms with Gasteiger partial charge in [0, 0.05) is 22.9 Å². The Morgan fingerprint density at radius 1 is 0.889 bits per heavy atom. The Balaban J connectivity index is 0.00000210. The van der Waals surface area contributed by atoms with Gasteiger partial charge in [0.15, 0.2) is 0 Å². The summed E-state index contributed by atoms with van der Waals surface area (Å²) in [6, 6.07) is 24.0. The number of pyridine rings is 1. The molecule has 27 heavy (non-hydrogen) atoms. The summed E-state index contributed by atoms with van der Waals surface area (Å²) in [7, 11) is 0. The smallest absolute Gasteiger partial charge is 0.303 e. The van der Waals surface area contributed by atoms with Crippen molar-refractivity contribution in [3.8, 4) is 0 Å². The molecule has 4 rings (SSSR count). The van der Waals surface area contributed by atoms with E-state index in [9.17, 15) is 4.79 Å². The first-order chi connectivity index (χ1) is 12.7. The molecule has 0 spiro atoms. The van der Waals surface area contributed by atoms with Crippen LogP contribution in [-0.4, -0.2) is 16.1 Å². The fourth-order valence-corrected chi connectivity index (χ4v) is 3.17. The van der Waals surface area contributed by atoms with Gasteiger partial charge in [-0.1, -0.05) is 48.5 Å². The maximum absolute atomic E-state index is 10.8. The minimum Gasteiger partial charge on any atom is -0.481 e. The number of hydrogen-bond acceptors (Lipinski definition) is 3. The minimum atomic E-state index is -0.783. The molecule has 0 saturated carbocycles. The third-order valence-corrected chi connectivity index (χ3v) is 4.41. The summed E-state index contributed by atoms with van der Waals surface area (Å²) in [5.74, 6) is -0.783. The number of nitrogens with one attached hydrogen (secondary N) is 1. The van der Waals surface area contributed by atoms with E-state index in [4.69, 9.17) is 10.1 Å². The Morgan fingerprint density at radius 3 is 2.15 bits per heavy atom. The van der Waals surface area contributed by atoms with Crippen molar-refractivity contribution in [2.45, 2.75) is 12.8 Å². The van der Waals surface area contributed by atoms with E-state index >= 15 is 0 Å². The number of aromatic nitrogens is 1. The van der Waals surface area contributed by atoms with Crippen LogP contribution in [0.4, 0.5) is 11.4 Å². The Hall–Kier alpha value is -3.11. The predicted octanol–water partition coefficient (Wildman–Crippen LogP) is 5.57. The van der Waals surface area contributed by atoms with Crippen LogP contribution in [0.2, 0.25) is 0 Å². The van der Waals surface area contributed by atoms with Gasteiger partial charge in [-0.2, -0.15) is 0 Å². The topological polar surface area (TPSA) is 62.2 Å². The lowest BCUT2D eigenvalue weighted by Crippen LogP contribution is -1.99. The maximum atomic E-state index is 10.8. The molecule has 0 aliphatic carbocycles. The van der Waals surface area contributed by atoms with Crippen LogP contribution in [0.15, 0.2) is 72.8 Å². The van der Waals surface area contributed by atoms with Crippen LogP contribution >= 0.6 is 12.4 Å². The lowest BCUT2D eigenvalue weighted by molar-refractivity contribution is -0.136. The number of para-hydroxylation sites is 2. The number of aliphatic carboxylic acids is 1. The molecule has 0 aliphatic rings.